The van der Waals surface area contributed by atoms with Crippen molar-refractivity contribution in [2.45, 2.75) is 20.4 Å². The van der Waals surface area contributed by atoms with Gasteiger partial charge in [-0.2, -0.15) is 4.57 Å². The highest BCUT2D eigenvalue weighted by Gasteiger charge is 2.16. The molecule has 6 nitrogen and oxygen atoms in total. The molecule has 0 atom stereocenters. The molecule has 1 N–H and O–H groups in total. The molecule has 124 valence electrons. The van der Waals surface area contributed by atoms with Crippen LogP contribution in [-0.4, -0.2) is 24.3 Å². The van der Waals surface area contributed by atoms with E-state index in [1.54, 1.807) is 60.3 Å². The number of pyridine rings is 1. The molecule has 0 spiro atoms. The van der Waals surface area contributed by atoms with Gasteiger partial charge in [-0.15, -0.1) is 0 Å². The molecule has 0 fully saturated rings. The van der Waals surface area contributed by atoms with Crippen LogP contribution in [-0.2, 0) is 16.1 Å². The fraction of sp³-hybridized carbons (Fsp3) is 0.222. The van der Waals surface area contributed by atoms with Gasteiger partial charge in [-0.25, -0.2) is 4.79 Å². The maximum Gasteiger partial charge on any atom is 0.340 e. The highest BCUT2D eigenvalue weighted by molar-refractivity contribution is 6.01. The molecule has 1 aromatic carbocycles. The fourth-order valence-electron chi connectivity index (χ4n) is 2.16. The van der Waals surface area contributed by atoms with Gasteiger partial charge in [0.05, 0.1) is 23.4 Å². The van der Waals surface area contributed by atoms with Crippen molar-refractivity contribution in [3.63, 3.8) is 0 Å². The third-order valence-electron chi connectivity index (χ3n) is 3.29. The molecular formula is C18H19N2O4+. The number of Topliss-reactive ketones (excluding diaryl/α,β-unsaturated/α-hetero) is 1. The summed E-state index contributed by atoms with van der Waals surface area (Å²) in [6.07, 6.45) is 3.31. The fourth-order valence-corrected chi connectivity index (χ4v) is 2.16. The Morgan fingerprint density at radius 1 is 1.12 bits per heavy atom. The largest absolute Gasteiger partial charge is 0.462 e. The van der Waals surface area contributed by atoms with Crippen LogP contribution in [0.2, 0.25) is 0 Å². The van der Waals surface area contributed by atoms with E-state index in [-0.39, 0.29) is 24.8 Å². The SMILES string of the molecule is CCOC(=O)c1ccccc1NC(=O)C[n+]1cccc(C(C)=O)c1. The van der Waals surface area contributed by atoms with Gasteiger partial charge in [0.2, 0.25) is 6.54 Å². The zero-order valence-electron chi connectivity index (χ0n) is 13.6. The summed E-state index contributed by atoms with van der Waals surface area (Å²) in [4.78, 5) is 35.5. The molecule has 0 unspecified atom stereocenters. The Bertz CT molecular complexity index is 771. The number of rotatable bonds is 6. The smallest absolute Gasteiger partial charge is 0.340 e. The molecule has 1 aromatic heterocycles. The van der Waals surface area contributed by atoms with Crippen LogP contribution >= 0.6 is 0 Å². The monoisotopic (exact) mass is 327 g/mol. The number of para-hydroxylation sites is 1. The topological polar surface area (TPSA) is 76.3 Å². The number of aromatic nitrogens is 1. The van der Waals surface area contributed by atoms with E-state index in [4.69, 9.17) is 4.74 Å². The number of ether oxygens (including phenoxy) is 1. The van der Waals surface area contributed by atoms with Crippen molar-refractivity contribution in [2.24, 2.45) is 0 Å². The molecule has 1 heterocycles. The Hall–Kier alpha value is -3.02. The molecular weight excluding hydrogens is 308 g/mol. The van der Waals surface area contributed by atoms with Gasteiger partial charge in [0.25, 0.3) is 5.91 Å². The van der Waals surface area contributed by atoms with Crippen LogP contribution in [0.25, 0.3) is 0 Å². The highest BCUT2D eigenvalue weighted by Crippen LogP contribution is 2.16. The number of esters is 1. The Kier molecular flexibility index (Phi) is 5.78. The Morgan fingerprint density at radius 2 is 1.88 bits per heavy atom. The average molecular weight is 327 g/mol. The van der Waals surface area contributed by atoms with Crippen molar-refractivity contribution < 1.29 is 23.7 Å². The minimum atomic E-state index is -0.486. The van der Waals surface area contributed by atoms with Gasteiger partial charge in [0.15, 0.2) is 18.2 Å². The first kappa shape index (κ1) is 17.3. The lowest BCUT2D eigenvalue weighted by atomic mass is 10.2. The van der Waals surface area contributed by atoms with E-state index in [1.165, 1.54) is 6.92 Å². The highest BCUT2D eigenvalue weighted by atomic mass is 16.5. The molecule has 1 amide bonds. The predicted molar refractivity (Wildman–Crippen MR) is 87.7 cm³/mol. The van der Waals surface area contributed by atoms with Crippen LogP contribution in [0.15, 0.2) is 48.8 Å². The molecule has 0 aliphatic carbocycles. The van der Waals surface area contributed by atoms with E-state index in [1.807, 2.05) is 0 Å². The second kappa shape index (κ2) is 8.01. The van der Waals surface area contributed by atoms with E-state index in [2.05, 4.69) is 5.32 Å². The molecule has 6 heteroatoms. The summed E-state index contributed by atoms with van der Waals surface area (Å²) in [5, 5.41) is 2.70. The van der Waals surface area contributed by atoms with Crippen LogP contribution < -0.4 is 9.88 Å². The van der Waals surface area contributed by atoms with Crippen LogP contribution in [0.1, 0.15) is 34.6 Å². The molecule has 0 saturated heterocycles. The summed E-state index contributed by atoms with van der Waals surface area (Å²) in [6.45, 7) is 3.47. The first-order chi connectivity index (χ1) is 11.5. The van der Waals surface area contributed by atoms with Crippen molar-refractivity contribution >= 4 is 23.3 Å². The van der Waals surface area contributed by atoms with Gasteiger partial charge in [0, 0.05) is 6.07 Å². The zero-order chi connectivity index (χ0) is 17.5. The first-order valence-electron chi connectivity index (χ1n) is 7.57. The summed E-state index contributed by atoms with van der Waals surface area (Å²) in [5.41, 5.74) is 1.22. The van der Waals surface area contributed by atoms with Gasteiger partial charge in [-0.05, 0) is 32.0 Å². The maximum absolute atomic E-state index is 12.2. The van der Waals surface area contributed by atoms with E-state index < -0.39 is 5.97 Å². The van der Waals surface area contributed by atoms with E-state index >= 15 is 0 Å². The number of benzene rings is 1. The van der Waals surface area contributed by atoms with Crippen molar-refractivity contribution in [2.75, 3.05) is 11.9 Å². The van der Waals surface area contributed by atoms with Crippen molar-refractivity contribution in [3.05, 3.63) is 59.9 Å². The van der Waals surface area contributed by atoms with Gasteiger partial charge < -0.3 is 10.1 Å². The molecule has 2 aromatic rings. The lowest BCUT2D eigenvalue weighted by Crippen LogP contribution is -2.40. The number of hydrogen-bond acceptors (Lipinski definition) is 4. The summed E-state index contributed by atoms with van der Waals surface area (Å²) in [5.74, 6) is -0.866. The summed E-state index contributed by atoms with van der Waals surface area (Å²) >= 11 is 0. The normalized spacial score (nSPS) is 10.1. The third kappa shape index (κ3) is 4.49. The molecule has 0 saturated carbocycles. The Morgan fingerprint density at radius 3 is 2.58 bits per heavy atom. The van der Waals surface area contributed by atoms with Crippen LogP contribution in [0.3, 0.4) is 0 Å². The average Bonchev–Trinajstić information content (AvgIpc) is 2.55. The lowest BCUT2D eigenvalue weighted by molar-refractivity contribution is -0.684. The molecule has 0 bridgehead atoms. The Balaban J connectivity index is 2.12. The van der Waals surface area contributed by atoms with E-state index in [9.17, 15) is 14.4 Å². The number of nitrogens with one attached hydrogen (secondary N) is 1. The number of ketones is 1. The van der Waals surface area contributed by atoms with Gasteiger partial charge in [0.1, 0.15) is 0 Å². The van der Waals surface area contributed by atoms with Crippen LogP contribution in [0.5, 0.6) is 0 Å². The van der Waals surface area contributed by atoms with Crippen LogP contribution in [0, 0.1) is 0 Å². The first-order valence-corrected chi connectivity index (χ1v) is 7.57. The van der Waals surface area contributed by atoms with Crippen molar-refractivity contribution in [3.8, 4) is 0 Å². The number of amides is 1. The molecule has 0 radical (unpaired) electrons. The van der Waals surface area contributed by atoms with Crippen molar-refractivity contribution in [1.82, 2.24) is 0 Å². The van der Waals surface area contributed by atoms with E-state index in [0.29, 0.717) is 16.8 Å². The van der Waals surface area contributed by atoms with Gasteiger partial charge in [-0.3, -0.25) is 9.59 Å². The maximum atomic E-state index is 12.2. The number of carbonyl (C=O) groups is 3. The third-order valence-corrected chi connectivity index (χ3v) is 3.29. The van der Waals surface area contributed by atoms with Gasteiger partial charge in [-0.1, -0.05) is 12.1 Å². The van der Waals surface area contributed by atoms with E-state index in [0.717, 1.165) is 0 Å². The standard InChI is InChI=1S/C18H18N2O4/c1-3-24-18(23)15-8-4-5-9-16(15)19-17(22)12-20-10-6-7-14(11-20)13(2)21/h4-11H,3,12H2,1-2H3/p+1. The number of carbonyl (C=O) groups excluding carboxylic acids is 3. The minimum Gasteiger partial charge on any atom is -0.462 e. The van der Waals surface area contributed by atoms with Crippen molar-refractivity contribution in [1.29, 1.82) is 0 Å². The summed E-state index contributed by atoms with van der Waals surface area (Å²) in [7, 11) is 0. The quantitative estimate of drug-likeness (QED) is 0.500. The number of anilines is 1. The lowest BCUT2D eigenvalue weighted by Gasteiger charge is -2.09. The van der Waals surface area contributed by atoms with Gasteiger partial charge >= 0.3 is 5.97 Å². The molecule has 0 aliphatic rings. The second-order valence-corrected chi connectivity index (χ2v) is 5.14. The number of nitrogens with zero attached hydrogens (tertiary/aromatic N) is 1. The summed E-state index contributed by atoms with van der Waals surface area (Å²) in [6, 6.07) is 10.1. The Labute approximate surface area is 140 Å². The second-order valence-electron chi connectivity index (χ2n) is 5.14. The molecule has 24 heavy (non-hydrogen) atoms. The zero-order valence-corrected chi connectivity index (χ0v) is 13.6. The molecule has 2 rings (SSSR count). The predicted octanol–water partition coefficient (Wildman–Crippen LogP) is 1.99. The minimum absolute atomic E-state index is 0.0261. The number of hydrogen-bond donors (Lipinski definition) is 1. The molecule has 0 aliphatic heterocycles. The summed E-state index contributed by atoms with van der Waals surface area (Å²) < 4.78 is 6.59. The van der Waals surface area contributed by atoms with Crippen LogP contribution in [0.4, 0.5) is 5.69 Å².